The maximum atomic E-state index is 12.3. The van der Waals surface area contributed by atoms with Gasteiger partial charge in [0.05, 0.1) is 13.2 Å². The van der Waals surface area contributed by atoms with Crippen LogP contribution in [-0.4, -0.2) is 76.9 Å². The Kier molecular flexibility index (Phi) is 14.5. The molecule has 0 spiro atoms. The van der Waals surface area contributed by atoms with Gasteiger partial charge in [-0.3, -0.25) is 9.79 Å². The van der Waals surface area contributed by atoms with E-state index >= 15 is 0 Å². The van der Waals surface area contributed by atoms with Gasteiger partial charge in [-0.25, -0.2) is 0 Å². The van der Waals surface area contributed by atoms with Crippen molar-refractivity contribution in [2.45, 2.75) is 25.7 Å². The number of hydrogen-bond acceptors (Lipinski definition) is 4. The highest BCUT2D eigenvalue weighted by atomic mass is 127. The highest BCUT2D eigenvalue weighted by Gasteiger charge is 2.29. The molecule has 0 aromatic heterocycles. The second kappa shape index (κ2) is 16.3. The average Bonchev–Trinajstić information content (AvgIpc) is 3.11. The predicted octanol–water partition coefficient (Wildman–Crippen LogP) is 2.30. The van der Waals surface area contributed by atoms with Gasteiger partial charge in [-0.15, -0.1) is 24.0 Å². The number of ether oxygens (including phenoxy) is 2. The van der Waals surface area contributed by atoms with Crippen LogP contribution in [0.25, 0.3) is 0 Å². The first-order valence-corrected chi connectivity index (χ1v) is 10.6. The topological polar surface area (TPSA) is 75.2 Å². The number of carbonyl (C=O) groups excluding carboxylic acids is 1. The number of guanidine groups is 1. The van der Waals surface area contributed by atoms with E-state index in [-0.39, 0.29) is 29.9 Å². The number of unbranched alkanes of at least 4 members (excludes halogenated alkanes) is 1. The molecule has 2 rings (SSSR count). The molecule has 1 aromatic rings. The van der Waals surface area contributed by atoms with Crippen LogP contribution in [-0.2, 0) is 20.7 Å². The van der Waals surface area contributed by atoms with E-state index in [0.717, 1.165) is 58.0 Å². The molecule has 1 heterocycles. The van der Waals surface area contributed by atoms with Crippen LogP contribution in [0, 0.1) is 5.92 Å². The Morgan fingerprint density at radius 3 is 2.70 bits per heavy atom. The summed E-state index contributed by atoms with van der Waals surface area (Å²) in [4.78, 5) is 18.5. The van der Waals surface area contributed by atoms with Crippen LogP contribution in [0.5, 0.6) is 0 Å². The lowest BCUT2D eigenvalue weighted by atomic mass is 10.1. The number of methoxy groups -OCH3 is 1. The molecule has 1 unspecified atom stereocenters. The van der Waals surface area contributed by atoms with Gasteiger partial charge in [-0.2, -0.15) is 0 Å². The van der Waals surface area contributed by atoms with Gasteiger partial charge in [0.15, 0.2) is 5.96 Å². The van der Waals surface area contributed by atoms with E-state index < -0.39 is 0 Å². The first-order chi connectivity index (χ1) is 14.2. The number of amides is 1. The molecule has 1 aliphatic rings. The van der Waals surface area contributed by atoms with E-state index in [4.69, 9.17) is 9.47 Å². The number of nitrogens with zero attached hydrogens (tertiary/aromatic N) is 2. The molecular formula is C22H37IN4O3. The van der Waals surface area contributed by atoms with Gasteiger partial charge in [-0.1, -0.05) is 30.3 Å². The number of rotatable bonds is 13. The maximum absolute atomic E-state index is 12.3. The van der Waals surface area contributed by atoms with Crippen molar-refractivity contribution >= 4 is 35.8 Å². The van der Waals surface area contributed by atoms with E-state index in [2.05, 4.69) is 27.8 Å². The predicted molar refractivity (Wildman–Crippen MR) is 132 cm³/mol. The van der Waals surface area contributed by atoms with Crippen LogP contribution < -0.4 is 10.6 Å². The van der Waals surface area contributed by atoms with Crippen molar-refractivity contribution in [2.24, 2.45) is 10.9 Å². The lowest BCUT2D eigenvalue weighted by Crippen LogP contribution is -2.40. The highest BCUT2D eigenvalue weighted by Crippen LogP contribution is 2.17. The summed E-state index contributed by atoms with van der Waals surface area (Å²) in [6.45, 7) is 5.25. The molecule has 1 saturated heterocycles. The van der Waals surface area contributed by atoms with Crippen LogP contribution >= 0.6 is 24.0 Å². The molecule has 0 saturated carbocycles. The Bertz CT molecular complexity index is 616. The van der Waals surface area contributed by atoms with Gasteiger partial charge in [-0.05, 0) is 24.8 Å². The number of nitrogens with one attached hydrogen (secondary N) is 2. The molecule has 8 heteroatoms. The molecule has 1 fully saturated rings. The van der Waals surface area contributed by atoms with Crippen LogP contribution in [0.4, 0.5) is 0 Å². The summed E-state index contributed by atoms with van der Waals surface area (Å²) in [6, 6.07) is 10.3. The molecule has 0 bridgehead atoms. The Labute approximate surface area is 198 Å². The Balaban J connectivity index is 0.00000450. The fourth-order valence-corrected chi connectivity index (χ4v) is 3.36. The number of halogens is 1. The zero-order chi connectivity index (χ0) is 20.7. The Hall–Kier alpha value is -1.39. The summed E-state index contributed by atoms with van der Waals surface area (Å²) in [5.41, 5.74) is 1.27. The second-order valence-corrected chi connectivity index (χ2v) is 7.34. The second-order valence-electron chi connectivity index (χ2n) is 7.34. The van der Waals surface area contributed by atoms with Crippen LogP contribution in [0.3, 0.4) is 0 Å². The smallest absolute Gasteiger partial charge is 0.223 e. The first kappa shape index (κ1) is 26.6. The van der Waals surface area contributed by atoms with Crippen LogP contribution in [0.2, 0.25) is 0 Å². The Morgan fingerprint density at radius 1 is 1.17 bits per heavy atom. The number of hydrogen-bond donors (Lipinski definition) is 2. The minimum absolute atomic E-state index is 0. The molecule has 1 aliphatic heterocycles. The highest BCUT2D eigenvalue weighted by molar-refractivity contribution is 14.0. The summed E-state index contributed by atoms with van der Waals surface area (Å²) >= 11 is 0. The molecule has 7 nitrogen and oxygen atoms in total. The zero-order valence-electron chi connectivity index (χ0n) is 18.3. The molecular weight excluding hydrogens is 495 g/mol. The summed E-state index contributed by atoms with van der Waals surface area (Å²) in [7, 11) is 3.45. The van der Waals surface area contributed by atoms with E-state index in [1.165, 1.54) is 5.56 Å². The molecule has 170 valence electrons. The maximum Gasteiger partial charge on any atom is 0.223 e. The fourth-order valence-electron chi connectivity index (χ4n) is 3.36. The largest absolute Gasteiger partial charge is 0.382 e. The molecule has 1 amide bonds. The van der Waals surface area contributed by atoms with E-state index in [1.807, 2.05) is 23.1 Å². The minimum atomic E-state index is 0. The number of likely N-dealkylation sites (tertiary alicyclic amines) is 1. The van der Waals surface area contributed by atoms with E-state index in [0.29, 0.717) is 25.6 Å². The molecule has 1 atom stereocenters. The third-order valence-electron chi connectivity index (χ3n) is 5.03. The van der Waals surface area contributed by atoms with Gasteiger partial charge in [0.2, 0.25) is 5.91 Å². The average molecular weight is 532 g/mol. The number of benzene rings is 1. The SMILES string of the molecule is CN=C(NCCCCOCCOC)NCC1CC(=O)N(CCc2ccccc2)C1.I. The molecule has 0 aliphatic carbocycles. The third kappa shape index (κ3) is 10.6. The van der Waals surface area contributed by atoms with Crippen molar-refractivity contribution in [2.75, 3.05) is 60.2 Å². The van der Waals surface area contributed by atoms with Gasteiger partial charge >= 0.3 is 0 Å². The minimum Gasteiger partial charge on any atom is -0.382 e. The summed E-state index contributed by atoms with van der Waals surface area (Å²) in [5.74, 6) is 1.37. The molecule has 0 radical (unpaired) electrons. The first-order valence-electron chi connectivity index (χ1n) is 10.6. The standard InChI is InChI=1S/C22H36N4O3.HI/c1-23-22(24-11-6-7-13-29-15-14-28-2)25-17-20-16-21(27)26(18-20)12-10-19-8-4-3-5-9-19;/h3-5,8-9,20H,6-7,10-18H2,1-2H3,(H2,23,24,25);1H. The van der Waals surface area contributed by atoms with Crippen LogP contribution in [0.15, 0.2) is 35.3 Å². The fraction of sp³-hybridized carbons (Fsp3) is 0.636. The summed E-state index contributed by atoms with van der Waals surface area (Å²) < 4.78 is 10.4. The molecule has 30 heavy (non-hydrogen) atoms. The van der Waals surface area contributed by atoms with Crippen molar-refractivity contribution in [1.29, 1.82) is 0 Å². The summed E-state index contributed by atoms with van der Waals surface area (Å²) in [6.07, 6.45) is 3.53. The van der Waals surface area contributed by atoms with E-state index in [9.17, 15) is 4.79 Å². The Morgan fingerprint density at radius 2 is 1.97 bits per heavy atom. The number of aliphatic imine (C=N–C) groups is 1. The summed E-state index contributed by atoms with van der Waals surface area (Å²) in [5, 5.41) is 6.68. The van der Waals surface area contributed by atoms with Crippen molar-refractivity contribution in [1.82, 2.24) is 15.5 Å². The zero-order valence-corrected chi connectivity index (χ0v) is 20.6. The molecule has 1 aromatic carbocycles. The van der Waals surface area contributed by atoms with Crippen LogP contribution in [0.1, 0.15) is 24.8 Å². The van der Waals surface area contributed by atoms with Crippen molar-refractivity contribution in [3.8, 4) is 0 Å². The number of carbonyl (C=O) groups is 1. The normalized spacial score (nSPS) is 16.5. The van der Waals surface area contributed by atoms with Crippen molar-refractivity contribution < 1.29 is 14.3 Å². The molecule has 2 N–H and O–H groups in total. The van der Waals surface area contributed by atoms with Gasteiger partial charge in [0.25, 0.3) is 0 Å². The van der Waals surface area contributed by atoms with Gasteiger partial charge in [0, 0.05) is 59.3 Å². The lowest BCUT2D eigenvalue weighted by Gasteiger charge is -2.18. The lowest BCUT2D eigenvalue weighted by molar-refractivity contribution is -0.127. The van der Waals surface area contributed by atoms with Crippen molar-refractivity contribution in [3.63, 3.8) is 0 Å². The van der Waals surface area contributed by atoms with Gasteiger partial charge < -0.3 is 25.0 Å². The quantitative estimate of drug-likeness (QED) is 0.177. The van der Waals surface area contributed by atoms with Gasteiger partial charge in [0.1, 0.15) is 0 Å². The van der Waals surface area contributed by atoms with E-state index in [1.54, 1.807) is 14.2 Å². The third-order valence-corrected chi connectivity index (χ3v) is 5.03. The van der Waals surface area contributed by atoms with Crippen molar-refractivity contribution in [3.05, 3.63) is 35.9 Å². The monoisotopic (exact) mass is 532 g/mol.